The highest BCUT2D eigenvalue weighted by molar-refractivity contribution is 6.16. The van der Waals surface area contributed by atoms with Gasteiger partial charge in [0.1, 0.15) is 11.8 Å². The summed E-state index contributed by atoms with van der Waals surface area (Å²) in [4.78, 5) is 15.0. The fourth-order valence-electron chi connectivity index (χ4n) is 1.54. The third kappa shape index (κ3) is 3.86. The zero-order valence-corrected chi connectivity index (χ0v) is 10.9. The topological polar surface area (TPSA) is 63.0 Å². The minimum Gasteiger partial charge on any atom is -0.466 e. The molecule has 7 heteroatoms. The van der Waals surface area contributed by atoms with Gasteiger partial charge < -0.3 is 4.74 Å². The number of alkyl halides is 3. The average Bonchev–Trinajstić information content (AvgIpc) is 2.37. The maximum atomic E-state index is 12.8. The van der Waals surface area contributed by atoms with Crippen LogP contribution in [0.1, 0.15) is 35.9 Å². The monoisotopic (exact) mass is 288 g/mol. The third-order valence-electron chi connectivity index (χ3n) is 2.28. The number of halogens is 3. The molecule has 0 unspecified atom stereocenters. The second-order valence-corrected chi connectivity index (χ2v) is 3.83. The molecule has 0 bridgehead atoms. The van der Waals surface area contributed by atoms with Gasteiger partial charge >= 0.3 is 5.97 Å². The van der Waals surface area contributed by atoms with E-state index in [1.807, 2.05) is 0 Å². The summed E-state index contributed by atoms with van der Waals surface area (Å²) in [5, 5.41) is 8.95. The van der Waals surface area contributed by atoms with Crippen LogP contribution in [-0.2, 0) is 21.8 Å². The van der Waals surface area contributed by atoms with Crippen LogP contribution in [0, 0.1) is 11.3 Å². The van der Waals surface area contributed by atoms with Crippen molar-refractivity contribution in [3.8, 4) is 6.07 Å². The summed E-state index contributed by atoms with van der Waals surface area (Å²) in [5.74, 6) is -0.674. The van der Waals surface area contributed by atoms with Gasteiger partial charge in [-0.1, -0.05) is 0 Å². The van der Waals surface area contributed by atoms with Crippen molar-refractivity contribution in [2.24, 2.45) is 0 Å². The van der Waals surface area contributed by atoms with Gasteiger partial charge in [-0.3, -0.25) is 4.79 Å². The zero-order valence-electron chi connectivity index (χ0n) is 10.1. The average molecular weight is 289 g/mol. The van der Waals surface area contributed by atoms with Crippen LogP contribution >= 0.6 is 11.6 Å². The van der Waals surface area contributed by atoms with E-state index < -0.39 is 18.1 Å². The highest BCUT2D eigenvalue weighted by atomic mass is 35.5. The quantitative estimate of drug-likeness (QED) is 0.617. The summed E-state index contributed by atoms with van der Waals surface area (Å²) in [6, 6.07) is 3.02. The number of hydrogen-bond acceptors (Lipinski definition) is 4. The molecule has 0 aliphatic carbocycles. The van der Waals surface area contributed by atoms with E-state index in [4.69, 9.17) is 21.6 Å². The first-order chi connectivity index (χ1) is 9.03. The van der Waals surface area contributed by atoms with Crippen LogP contribution in [0.4, 0.5) is 8.78 Å². The first-order valence-corrected chi connectivity index (χ1v) is 5.99. The molecule has 0 aliphatic heterocycles. The largest absolute Gasteiger partial charge is 0.466 e. The molecule has 0 N–H and O–H groups in total. The van der Waals surface area contributed by atoms with Crippen molar-refractivity contribution in [2.75, 3.05) is 6.61 Å². The van der Waals surface area contributed by atoms with Crippen LogP contribution in [0.3, 0.4) is 0 Å². The second-order valence-electron chi connectivity index (χ2n) is 3.56. The van der Waals surface area contributed by atoms with Gasteiger partial charge in [-0.15, -0.1) is 11.6 Å². The van der Waals surface area contributed by atoms with Crippen LogP contribution in [-0.4, -0.2) is 17.6 Å². The van der Waals surface area contributed by atoms with E-state index in [0.717, 1.165) is 0 Å². The Morgan fingerprint density at radius 1 is 1.63 bits per heavy atom. The smallest absolute Gasteiger partial charge is 0.310 e. The van der Waals surface area contributed by atoms with Gasteiger partial charge in [-0.2, -0.15) is 5.26 Å². The normalized spacial score (nSPS) is 10.3. The summed E-state index contributed by atoms with van der Waals surface area (Å²) < 4.78 is 30.4. The van der Waals surface area contributed by atoms with Gasteiger partial charge in [0.2, 0.25) is 0 Å². The standard InChI is InChI=1S/C12H11ClF2N2O2/c1-2-19-10(18)4-7-3-8(5-13)17-11(12(14)15)9(7)6-16/h3,12H,2,4-5H2,1H3. The Balaban J connectivity index is 3.24. The fourth-order valence-corrected chi connectivity index (χ4v) is 1.68. The second kappa shape index (κ2) is 7.00. The van der Waals surface area contributed by atoms with Crippen LogP contribution in [0.2, 0.25) is 0 Å². The van der Waals surface area contributed by atoms with Gasteiger partial charge in [0.05, 0.1) is 30.2 Å². The molecule has 0 radical (unpaired) electrons. The number of carbonyl (C=O) groups excluding carboxylic acids is 1. The summed E-state index contributed by atoms with van der Waals surface area (Å²) in [5.41, 5.74) is -0.603. The maximum absolute atomic E-state index is 12.8. The van der Waals surface area contributed by atoms with Crippen molar-refractivity contribution in [3.63, 3.8) is 0 Å². The van der Waals surface area contributed by atoms with Crippen molar-refractivity contribution in [1.29, 1.82) is 5.26 Å². The number of nitriles is 1. The molecule has 0 amide bonds. The molecule has 0 aliphatic rings. The molecule has 0 atom stereocenters. The Labute approximate surface area is 114 Å². The van der Waals surface area contributed by atoms with Gasteiger partial charge in [-0.05, 0) is 18.6 Å². The number of rotatable bonds is 5. The van der Waals surface area contributed by atoms with Gasteiger partial charge in [0, 0.05) is 0 Å². The van der Waals surface area contributed by atoms with Crippen LogP contribution < -0.4 is 0 Å². The minimum absolute atomic E-state index is 0.0821. The predicted molar refractivity (Wildman–Crippen MR) is 63.8 cm³/mol. The lowest BCUT2D eigenvalue weighted by molar-refractivity contribution is -0.142. The maximum Gasteiger partial charge on any atom is 0.310 e. The number of nitrogens with zero attached hydrogens (tertiary/aromatic N) is 2. The van der Waals surface area contributed by atoms with Crippen LogP contribution in [0.15, 0.2) is 6.07 Å². The lowest BCUT2D eigenvalue weighted by Gasteiger charge is -2.10. The van der Waals surface area contributed by atoms with E-state index in [2.05, 4.69) is 4.98 Å². The number of esters is 1. The van der Waals surface area contributed by atoms with E-state index in [0.29, 0.717) is 0 Å². The van der Waals surface area contributed by atoms with E-state index in [1.165, 1.54) is 6.07 Å². The molecule has 1 rings (SSSR count). The van der Waals surface area contributed by atoms with Crippen LogP contribution in [0.5, 0.6) is 0 Å². The highest BCUT2D eigenvalue weighted by Gasteiger charge is 2.21. The zero-order chi connectivity index (χ0) is 14.4. The number of pyridine rings is 1. The fraction of sp³-hybridized carbons (Fsp3) is 0.417. The molecular weight excluding hydrogens is 278 g/mol. The molecule has 0 saturated carbocycles. The number of aromatic nitrogens is 1. The van der Waals surface area contributed by atoms with Gasteiger partial charge in [0.15, 0.2) is 0 Å². The number of hydrogen-bond donors (Lipinski definition) is 0. The van der Waals surface area contributed by atoms with Gasteiger partial charge in [-0.25, -0.2) is 13.8 Å². The van der Waals surface area contributed by atoms with E-state index in [9.17, 15) is 13.6 Å². The summed E-state index contributed by atoms with van der Waals surface area (Å²) in [6.07, 6.45) is -3.16. The lowest BCUT2D eigenvalue weighted by Crippen LogP contribution is -2.11. The van der Waals surface area contributed by atoms with E-state index >= 15 is 0 Å². The molecule has 0 saturated heterocycles. The lowest BCUT2D eigenvalue weighted by atomic mass is 10.0. The van der Waals surface area contributed by atoms with Crippen molar-refractivity contribution in [3.05, 3.63) is 28.6 Å². The van der Waals surface area contributed by atoms with Crippen molar-refractivity contribution < 1.29 is 18.3 Å². The molecule has 4 nitrogen and oxygen atoms in total. The SMILES string of the molecule is CCOC(=O)Cc1cc(CCl)nc(C(F)F)c1C#N. The predicted octanol–water partition coefficient (Wildman–Crippen LogP) is 2.74. The number of ether oxygens (including phenoxy) is 1. The van der Waals surface area contributed by atoms with Gasteiger partial charge in [0.25, 0.3) is 6.43 Å². The summed E-state index contributed by atoms with van der Waals surface area (Å²) >= 11 is 5.56. The molecule has 102 valence electrons. The third-order valence-corrected chi connectivity index (χ3v) is 2.55. The molecule has 0 aromatic carbocycles. The molecule has 1 aromatic heterocycles. The van der Waals surface area contributed by atoms with Crippen molar-refractivity contribution in [2.45, 2.75) is 25.7 Å². The van der Waals surface area contributed by atoms with Crippen molar-refractivity contribution >= 4 is 17.6 Å². The Morgan fingerprint density at radius 2 is 2.32 bits per heavy atom. The Kier molecular flexibility index (Phi) is 5.64. The molecule has 0 spiro atoms. The molecule has 0 fully saturated rings. The van der Waals surface area contributed by atoms with E-state index in [1.54, 1.807) is 13.0 Å². The summed E-state index contributed by atoms with van der Waals surface area (Å²) in [7, 11) is 0. The Hall–Kier alpha value is -1.74. The number of carbonyl (C=O) groups is 1. The molecule has 1 heterocycles. The van der Waals surface area contributed by atoms with Crippen LogP contribution in [0.25, 0.3) is 0 Å². The molecular formula is C12H11ClF2N2O2. The summed E-state index contributed by atoms with van der Waals surface area (Å²) in [6.45, 7) is 1.81. The van der Waals surface area contributed by atoms with Crippen molar-refractivity contribution in [1.82, 2.24) is 4.98 Å². The highest BCUT2D eigenvalue weighted by Crippen LogP contribution is 2.25. The molecule has 19 heavy (non-hydrogen) atoms. The molecule has 1 aromatic rings. The van der Waals surface area contributed by atoms with E-state index in [-0.39, 0.29) is 35.7 Å². The first-order valence-electron chi connectivity index (χ1n) is 5.46. The Bertz CT molecular complexity index is 515. The minimum atomic E-state index is -2.90. The Morgan fingerprint density at radius 3 is 2.79 bits per heavy atom. The first kappa shape index (κ1) is 15.3.